The largest absolute Gasteiger partial charge is 0.505 e. The van der Waals surface area contributed by atoms with E-state index in [0.29, 0.717) is 22.1 Å². The first kappa shape index (κ1) is 26.5. The second-order valence-electron chi connectivity index (χ2n) is 8.68. The molecule has 1 N–H and O–H groups in total. The van der Waals surface area contributed by atoms with Crippen LogP contribution < -0.4 is 4.74 Å². The standard InChI is InChI=1S/C19H37FO5Si4/c1-8-9-14-26-23-28(4,5)25-29(6,7)24-27(2,3)15-10-13-22-17-11-12-19(21)18(20)16-17/h11-12,16,21H,8-10,13-15H2,1-7H3. The van der Waals surface area contributed by atoms with E-state index in [1.807, 2.05) is 0 Å². The average Bonchev–Trinajstić information content (AvgIpc) is 2.56. The lowest BCUT2D eigenvalue weighted by Crippen LogP contribution is -2.53. The molecule has 5 nitrogen and oxygen atoms in total. The summed E-state index contributed by atoms with van der Waals surface area (Å²) in [5, 5.41) is 9.23. The van der Waals surface area contributed by atoms with Crippen molar-refractivity contribution in [2.24, 2.45) is 0 Å². The first-order valence-corrected chi connectivity index (χ1v) is 20.1. The molecular formula is C19H37FO5Si4. The molecule has 0 spiro atoms. The minimum atomic E-state index is -2.30. The van der Waals surface area contributed by atoms with Crippen molar-refractivity contribution in [2.45, 2.75) is 77.6 Å². The highest BCUT2D eigenvalue weighted by atomic mass is 28.5. The molecular weight excluding hydrogens is 440 g/mol. The van der Waals surface area contributed by atoms with E-state index in [1.54, 1.807) is 6.07 Å². The SMILES string of the molecule is CCCC[Si]O[Si](C)(C)O[Si](C)(C)O[Si](C)(C)CCCOc1ccc(O)c(F)c1. The van der Waals surface area contributed by atoms with Crippen LogP contribution in [0, 0.1) is 5.82 Å². The van der Waals surface area contributed by atoms with Crippen molar-refractivity contribution in [3.05, 3.63) is 24.0 Å². The summed E-state index contributed by atoms with van der Waals surface area (Å²) in [6, 6.07) is 6.09. The Kier molecular flexibility index (Phi) is 10.8. The molecule has 0 saturated carbocycles. The van der Waals surface area contributed by atoms with Crippen molar-refractivity contribution in [1.82, 2.24) is 0 Å². The van der Waals surface area contributed by atoms with E-state index >= 15 is 0 Å². The highest BCUT2D eigenvalue weighted by Crippen LogP contribution is 2.25. The van der Waals surface area contributed by atoms with Crippen LogP contribution in [0.4, 0.5) is 4.39 Å². The topological polar surface area (TPSA) is 57.2 Å². The van der Waals surface area contributed by atoms with Gasteiger partial charge in [-0.2, -0.15) is 0 Å². The van der Waals surface area contributed by atoms with E-state index in [4.69, 9.17) is 17.1 Å². The Morgan fingerprint density at radius 2 is 1.69 bits per heavy atom. The Bertz CT molecular complexity index is 629. The van der Waals surface area contributed by atoms with Crippen molar-refractivity contribution in [2.75, 3.05) is 6.61 Å². The number of rotatable bonds is 14. The van der Waals surface area contributed by atoms with Crippen molar-refractivity contribution in [3.8, 4) is 11.5 Å². The van der Waals surface area contributed by atoms with Gasteiger partial charge in [-0.3, -0.25) is 0 Å². The van der Waals surface area contributed by atoms with Gasteiger partial charge < -0.3 is 22.2 Å². The number of benzene rings is 1. The molecule has 0 aliphatic heterocycles. The molecule has 1 aromatic carbocycles. The number of unbranched alkanes of at least 4 members (excludes halogenated alkanes) is 1. The van der Waals surface area contributed by atoms with E-state index in [9.17, 15) is 9.50 Å². The van der Waals surface area contributed by atoms with Crippen molar-refractivity contribution in [1.29, 1.82) is 0 Å². The van der Waals surface area contributed by atoms with E-state index in [2.05, 4.69) is 46.2 Å². The van der Waals surface area contributed by atoms with Crippen LogP contribution in [0.25, 0.3) is 0 Å². The smallest absolute Gasteiger partial charge is 0.312 e. The zero-order valence-electron chi connectivity index (χ0n) is 18.9. The maximum Gasteiger partial charge on any atom is 0.312 e. The zero-order valence-corrected chi connectivity index (χ0v) is 22.9. The van der Waals surface area contributed by atoms with Crippen LogP contribution in [0.15, 0.2) is 18.2 Å². The summed E-state index contributed by atoms with van der Waals surface area (Å²) in [4.78, 5) is 0. The molecule has 0 fully saturated rings. The van der Waals surface area contributed by atoms with Gasteiger partial charge in [0.15, 0.2) is 19.9 Å². The van der Waals surface area contributed by atoms with Gasteiger partial charge in [-0.1, -0.05) is 19.8 Å². The number of hydrogen-bond donors (Lipinski definition) is 1. The van der Waals surface area contributed by atoms with Gasteiger partial charge in [0.2, 0.25) is 9.76 Å². The van der Waals surface area contributed by atoms with Crippen LogP contribution >= 0.6 is 0 Å². The molecule has 166 valence electrons. The van der Waals surface area contributed by atoms with Gasteiger partial charge in [0.05, 0.1) is 6.61 Å². The van der Waals surface area contributed by atoms with Crippen molar-refractivity contribution in [3.63, 3.8) is 0 Å². The van der Waals surface area contributed by atoms with Crippen molar-refractivity contribution < 1.29 is 26.6 Å². The van der Waals surface area contributed by atoms with E-state index < -0.39 is 31.3 Å². The predicted octanol–water partition coefficient (Wildman–Crippen LogP) is 5.80. The zero-order chi connectivity index (χ0) is 22.1. The summed E-state index contributed by atoms with van der Waals surface area (Å²) in [7, 11) is -5.91. The summed E-state index contributed by atoms with van der Waals surface area (Å²) in [6.07, 6.45) is 3.20. The molecule has 0 aliphatic carbocycles. The molecule has 0 amide bonds. The van der Waals surface area contributed by atoms with Crippen LogP contribution in [0.2, 0.25) is 51.4 Å². The van der Waals surface area contributed by atoms with E-state index in [0.717, 1.165) is 18.5 Å². The second-order valence-corrected chi connectivity index (χ2v) is 21.5. The number of hydrogen-bond acceptors (Lipinski definition) is 5. The van der Waals surface area contributed by atoms with Gasteiger partial charge in [0.25, 0.3) is 0 Å². The lowest BCUT2D eigenvalue weighted by atomic mass is 10.3. The first-order valence-electron chi connectivity index (χ1n) is 10.3. The normalized spacial score (nSPS) is 13.0. The van der Waals surface area contributed by atoms with Gasteiger partial charge in [-0.25, -0.2) is 4.39 Å². The molecule has 0 aromatic heterocycles. The molecule has 1 rings (SSSR count). The van der Waals surface area contributed by atoms with E-state index in [1.165, 1.54) is 25.0 Å². The Hall–Kier alpha value is -0.502. The molecule has 1 aromatic rings. The fourth-order valence-corrected chi connectivity index (χ4v) is 17.9. The molecule has 0 heterocycles. The fourth-order valence-electron chi connectivity index (χ4n) is 3.09. The van der Waals surface area contributed by atoms with Crippen LogP contribution in [-0.2, 0) is 12.3 Å². The number of phenols is 1. The van der Waals surface area contributed by atoms with Gasteiger partial charge in [0, 0.05) is 6.07 Å². The third kappa shape index (κ3) is 11.5. The van der Waals surface area contributed by atoms with Crippen LogP contribution in [-0.4, -0.2) is 46.9 Å². The van der Waals surface area contributed by atoms with Gasteiger partial charge >= 0.3 is 17.1 Å². The lowest BCUT2D eigenvalue weighted by molar-refractivity contribution is 0.307. The Balaban J connectivity index is 2.42. The summed E-state index contributed by atoms with van der Waals surface area (Å²) >= 11 is 0. The molecule has 0 aliphatic rings. The fraction of sp³-hybridized carbons (Fsp3) is 0.684. The maximum atomic E-state index is 13.4. The lowest BCUT2D eigenvalue weighted by Gasteiger charge is -2.38. The Morgan fingerprint density at radius 3 is 2.31 bits per heavy atom. The summed E-state index contributed by atoms with van der Waals surface area (Å²) < 4.78 is 38.0. The van der Waals surface area contributed by atoms with Gasteiger partial charge in [-0.15, -0.1) is 0 Å². The third-order valence-corrected chi connectivity index (χ3v) is 16.8. The molecule has 0 saturated heterocycles. The number of ether oxygens (including phenoxy) is 1. The number of aromatic hydroxyl groups is 1. The summed E-state index contributed by atoms with van der Waals surface area (Å²) in [5.74, 6) is -0.616. The Labute approximate surface area is 181 Å². The van der Waals surface area contributed by atoms with Gasteiger partial charge in [0.1, 0.15) is 5.75 Å². The highest BCUT2D eigenvalue weighted by molar-refractivity contribution is 6.87. The molecule has 0 atom stereocenters. The molecule has 10 heteroatoms. The molecule has 29 heavy (non-hydrogen) atoms. The summed E-state index contributed by atoms with van der Waals surface area (Å²) in [5.41, 5.74) is 0. The highest BCUT2D eigenvalue weighted by Gasteiger charge is 2.40. The summed E-state index contributed by atoms with van der Waals surface area (Å²) in [6.45, 7) is 15.5. The first-order chi connectivity index (χ1) is 13.4. The maximum absolute atomic E-state index is 13.4. The predicted molar refractivity (Wildman–Crippen MR) is 124 cm³/mol. The molecule has 0 bridgehead atoms. The molecule has 2 radical (unpaired) electrons. The minimum Gasteiger partial charge on any atom is -0.505 e. The number of phenolic OH excluding ortho intramolecular Hbond substituents is 1. The van der Waals surface area contributed by atoms with Gasteiger partial charge in [-0.05, 0) is 69.9 Å². The van der Waals surface area contributed by atoms with E-state index in [-0.39, 0.29) is 5.75 Å². The average molecular weight is 477 g/mol. The third-order valence-electron chi connectivity index (χ3n) is 4.08. The number of halogens is 1. The second kappa shape index (κ2) is 11.8. The van der Waals surface area contributed by atoms with Crippen LogP contribution in [0.3, 0.4) is 0 Å². The Morgan fingerprint density at radius 1 is 1.00 bits per heavy atom. The van der Waals surface area contributed by atoms with Crippen molar-refractivity contribution >= 4 is 35.2 Å². The minimum absolute atomic E-state index is 0.368. The van der Waals surface area contributed by atoms with Crippen LogP contribution in [0.5, 0.6) is 11.5 Å². The van der Waals surface area contributed by atoms with Crippen LogP contribution in [0.1, 0.15) is 26.2 Å². The quantitative estimate of drug-likeness (QED) is 0.272. The monoisotopic (exact) mass is 476 g/mol. The molecule has 0 unspecified atom stereocenters.